The van der Waals surface area contributed by atoms with E-state index in [1.165, 1.54) is 12.1 Å². The van der Waals surface area contributed by atoms with E-state index < -0.39 is 17.6 Å². The lowest BCUT2D eigenvalue weighted by molar-refractivity contribution is -0.184. The molecule has 1 amide bonds. The fourth-order valence-corrected chi connectivity index (χ4v) is 1.87. The van der Waals surface area contributed by atoms with E-state index >= 15 is 0 Å². The predicted octanol–water partition coefficient (Wildman–Crippen LogP) is 3.16. The molecule has 1 rings (SSSR count). The lowest BCUT2D eigenvalue weighted by Gasteiger charge is -2.26. The van der Waals surface area contributed by atoms with Crippen LogP contribution in [0.25, 0.3) is 0 Å². The zero-order valence-corrected chi connectivity index (χ0v) is 12.0. The minimum absolute atomic E-state index is 0.0861. The van der Waals surface area contributed by atoms with E-state index in [1.54, 1.807) is 6.07 Å². The maximum Gasteiger partial charge on any atom is 0.415 e. The second kappa shape index (κ2) is 5.22. The molecule has 0 heterocycles. The molecule has 0 radical (unpaired) electrons. The highest BCUT2D eigenvalue weighted by Gasteiger charge is 2.54. The highest BCUT2D eigenvalue weighted by Crippen LogP contribution is 2.30. The van der Waals surface area contributed by atoms with Gasteiger partial charge in [-0.2, -0.15) is 13.2 Å². The number of hydrogen-bond acceptors (Lipinski definition) is 2. The minimum atomic E-state index is -4.84. The highest BCUT2D eigenvalue weighted by atomic mass is 127. The second-order valence-corrected chi connectivity index (χ2v) is 5.43. The molecule has 0 saturated heterocycles. The van der Waals surface area contributed by atoms with Crippen LogP contribution in [0, 0.1) is 3.57 Å². The number of anilines is 1. The van der Waals surface area contributed by atoms with Gasteiger partial charge in [0.1, 0.15) is 0 Å². The fourth-order valence-electron chi connectivity index (χ4n) is 0.972. The van der Waals surface area contributed by atoms with Crippen LogP contribution < -0.4 is 11.1 Å². The van der Waals surface area contributed by atoms with Gasteiger partial charge in [0.2, 0.25) is 0 Å². The average Bonchev–Trinajstić information content (AvgIpc) is 2.20. The summed E-state index contributed by atoms with van der Waals surface area (Å²) in [6.07, 6.45) is -4.84. The Hall–Kier alpha value is -0.540. The van der Waals surface area contributed by atoms with Gasteiger partial charge in [0.25, 0.3) is 5.91 Å². The van der Waals surface area contributed by atoms with Crippen molar-refractivity contribution >= 4 is 45.8 Å². The molecule has 100 valence electrons. The molecule has 1 atom stereocenters. The van der Waals surface area contributed by atoms with Crippen molar-refractivity contribution in [3.05, 3.63) is 26.8 Å². The van der Waals surface area contributed by atoms with Crippen LogP contribution in [0.1, 0.15) is 6.92 Å². The molecule has 18 heavy (non-hydrogen) atoms. The van der Waals surface area contributed by atoms with Crippen LogP contribution in [-0.2, 0) is 4.79 Å². The number of alkyl halides is 3. The Balaban J connectivity index is 2.95. The molecule has 0 aliphatic rings. The standard InChI is InChI=1S/C10H9ClF3IN2O/c1-9(16,10(12,13)14)8(18)17-7-3-2-5(15)4-6(7)11/h2-4H,16H2,1H3,(H,17,18). The monoisotopic (exact) mass is 392 g/mol. The van der Waals surface area contributed by atoms with E-state index in [-0.39, 0.29) is 10.7 Å². The smallest absolute Gasteiger partial charge is 0.323 e. The van der Waals surface area contributed by atoms with Crippen LogP contribution in [0.5, 0.6) is 0 Å². The van der Waals surface area contributed by atoms with Crippen molar-refractivity contribution in [3.8, 4) is 0 Å². The summed E-state index contributed by atoms with van der Waals surface area (Å²) in [6.45, 7) is 0.600. The molecule has 3 nitrogen and oxygen atoms in total. The van der Waals surface area contributed by atoms with Crippen molar-refractivity contribution in [1.29, 1.82) is 0 Å². The Kier molecular flexibility index (Phi) is 4.50. The lowest BCUT2D eigenvalue weighted by Crippen LogP contribution is -2.59. The van der Waals surface area contributed by atoms with Crippen LogP contribution in [0.4, 0.5) is 18.9 Å². The number of benzene rings is 1. The number of nitrogens with two attached hydrogens (primary N) is 1. The van der Waals surface area contributed by atoms with Crippen LogP contribution in [0.15, 0.2) is 18.2 Å². The number of amides is 1. The lowest BCUT2D eigenvalue weighted by atomic mass is 10.0. The third kappa shape index (κ3) is 3.27. The summed E-state index contributed by atoms with van der Waals surface area (Å²) in [5.41, 5.74) is 2.10. The van der Waals surface area contributed by atoms with Crippen molar-refractivity contribution in [3.63, 3.8) is 0 Å². The van der Waals surface area contributed by atoms with Crippen molar-refractivity contribution in [2.45, 2.75) is 18.6 Å². The van der Waals surface area contributed by atoms with Gasteiger partial charge < -0.3 is 11.1 Å². The third-order valence-electron chi connectivity index (χ3n) is 2.24. The molecular formula is C10H9ClF3IN2O. The summed E-state index contributed by atoms with van der Waals surface area (Å²) in [5.74, 6) is -1.36. The van der Waals surface area contributed by atoms with Gasteiger partial charge in [-0.05, 0) is 47.7 Å². The van der Waals surface area contributed by atoms with Gasteiger partial charge in [0.05, 0.1) is 10.7 Å². The maximum absolute atomic E-state index is 12.5. The van der Waals surface area contributed by atoms with E-state index in [0.29, 0.717) is 6.92 Å². The van der Waals surface area contributed by atoms with E-state index in [2.05, 4.69) is 5.32 Å². The zero-order valence-electron chi connectivity index (χ0n) is 9.11. The van der Waals surface area contributed by atoms with Gasteiger partial charge in [-0.3, -0.25) is 4.79 Å². The molecule has 0 aromatic heterocycles. The van der Waals surface area contributed by atoms with Crippen LogP contribution in [0.3, 0.4) is 0 Å². The molecule has 0 aliphatic heterocycles. The average molecular weight is 393 g/mol. The minimum Gasteiger partial charge on any atom is -0.323 e. The molecule has 1 aromatic rings. The molecule has 0 bridgehead atoms. The van der Waals surface area contributed by atoms with Crippen molar-refractivity contribution in [1.82, 2.24) is 0 Å². The van der Waals surface area contributed by atoms with Gasteiger partial charge in [-0.1, -0.05) is 11.6 Å². The number of halogens is 5. The van der Waals surface area contributed by atoms with Crippen molar-refractivity contribution < 1.29 is 18.0 Å². The molecule has 1 aromatic carbocycles. The highest BCUT2D eigenvalue weighted by molar-refractivity contribution is 14.1. The quantitative estimate of drug-likeness (QED) is 0.760. The summed E-state index contributed by atoms with van der Waals surface area (Å²) >= 11 is 7.78. The van der Waals surface area contributed by atoms with Crippen molar-refractivity contribution in [2.24, 2.45) is 5.73 Å². The molecular weight excluding hydrogens is 383 g/mol. The van der Waals surface area contributed by atoms with Gasteiger partial charge in [-0.15, -0.1) is 0 Å². The first kappa shape index (κ1) is 15.5. The Bertz CT molecular complexity index is 477. The summed E-state index contributed by atoms with van der Waals surface area (Å²) in [6, 6.07) is 4.52. The summed E-state index contributed by atoms with van der Waals surface area (Å²) < 4.78 is 38.4. The Labute approximate surface area is 120 Å². The first-order chi connectivity index (χ1) is 8.05. The van der Waals surface area contributed by atoms with Gasteiger partial charge in [0.15, 0.2) is 5.54 Å². The summed E-state index contributed by atoms with van der Waals surface area (Å²) in [4.78, 5) is 11.5. The Morgan fingerprint density at radius 3 is 2.44 bits per heavy atom. The predicted molar refractivity (Wildman–Crippen MR) is 71.4 cm³/mol. The SMILES string of the molecule is CC(N)(C(=O)Nc1ccc(I)cc1Cl)C(F)(F)F. The topological polar surface area (TPSA) is 55.1 Å². The van der Waals surface area contributed by atoms with Gasteiger partial charge in [0, 0.05) is 3.57 Å². The number of nitrogens with one attached hydrogen (secondary N) is 1. The van der Waals surface area contributed by atoms with Crippen LogP contribution in [-0.4, -0.2) is 17.6 Å². The van der Waals surface area contributed by atoms with Crippen LogP contribution in [0.2, 0.25) is 5.02 Å². The van der Waals surface area contributed by atoms with E-state index in [4.69, 9.17) is 17.3 Å². The third-order valence-corrected chi connectivity index (χ3v) is 3.22. The molecule has 1 unspecified atom stereocenters. The first-order valence-corrected chi connectivity index (χ1v) is 6.13. The number of carbonyl (C=O) groups is 1. The van der Waals surface area contributed by atoms with Crippen molar-refractivity contribution in [2.75, 3.05) is 5.32 Å². The molecule has 0 saturated carbocycles. The number of rotatable bonds is 2. The summed E-state index contributed by atoms with van der Waals surface area (Å²) in [5, 5.41) is 2.21. The normalized spacial score (nSPS) is 15.1. The zero-order chi connectivity index (χ0) is 14.1. The molecule has 0 aliphatic carbocycles. The van der Waals surface area contributed by atoms with E-state index in [0.717, 1.165) is 3.57 Å². The first-order valence-electron chi connectivity index (χ1n) is 4.68. The largest absolute Gasteiger partial charge is 0.415 e. The molecule has 0 spiro atoms. The number of hydrogen-bond donors (Lipinski definition) is 2. The summed E-state index contributed by atoms with van der Waals surface area (Å²) in [7, 11) is 0. The van der Waals surface area contributed by atoms with Crippen LogP contribution >= 0.6 is 34.2 Å². The molecule has 8 heteroatoms. The van der Waals surface area contributed by atoms with E-state index in [1.807, 2.05) is 22.6 Å². The number of carbonyl (C=O) groups excluding carboxylic acids is 1. The fraction of sp³-hybridized carbons (Fsp3) is 0.300. The van der Waals surface area contributed by atoms with Gasteiger partial charge >= 0.3 is 6.18 Å². The second-order valence-electron chi connectivity index (χ2n) is 3.78. The van der Waals surface area contributed by atoms with Gasteiger partial charge in [-0.25, -0.2) is 0 Å². The maximum atomic E-state index is 12.5. The molecule has 0 fully saturated rings. The Morgan fingerprint density at radius 2 is 2.00 bits per heavy atom. The molecule has 3 N–H and O–H groups in total. The van der Waals surface area contributed by atoms with E-state index in [9.17, 15) is 18.0 Å². The Morgan fingerprint density at radius 1 is 1.44 bits per heavy atom.